The number of rotatable bonds is 4. The number of hydrogen-bond acceptors (Lipinski definition) is 6. The van der Waals surface area contributed by atoms with Crippen LogP contribution in [0.2, 0.25) is 0 Å². The lowest BCUT2D eigenvalue weighted by Gasteiger charge is -2.35. The van der Waals surface area contributed by atoms with Gasteiger partial charge in [0, 0.05) is 19.6 Å². The van der Waals surface area contributed by atoms with E-state index in [0.29, 0.717) is 19.6 Å². The third-order valence-corrected chi connectivity index (χ3v) is 4.62. The van der Waals surface area contributed by atoms with Crippen molar-refractivity contribution >= 4 is 11.8 Å². The lowest BCUT2D eigenvalue weighted by atomic mass is 10.1. The Kier molecular flexibility index (Phi) is 3.78. The average Bonchev–Trinajstić information content (AvgIpc) is 3.16. The van der Waals surface area contributed by atoms with E-state index in [1.54, 1.807) is 4.90 Å². The topological polar surface area (TPSA) is 94.3 Å². The highest BCUT2D eigenvalue weighted by atomic mass is 16.7. The third kappa shape index (κ3) is 2.78. The Bertz CT molecular complexity index is 680. The van der Waals surface area contributed by atoms with Gasteiger partial charge in [-0.2, -0.15) is 0 Å². The number of carbonyl (C=O) groups is 2. The summed E-state index contributed by atoms with van der Waals surface area (Å²) in [7, 11) is 0. The van der Waals surface area contributed by atoms with Gasteiger partial charge >= 0.3 is 0 Å². The highest BCUT2D eigenvalue weighted by Crippen LogP contribution is 2.33. The van der Waals surface area contributed by atoms with Crippen LogP contribution in [0.3, 0.4) is 0 Å². The standard InChI is InChI=1S/C16H19N3O5/c17-15(20)7-19-11-5-18(6-14(11)22-8-16(19)21)4-10-1-2-12-13(3-10)24-9-23-12/h1-3,11,14H,4-9H2,(H2,17,20)/t11-,14+/m1/s1. The molecule has 1 aromatic rings. The average molecular weight is 333 g/mol. The molecule has 0 radical (unpaired) electrons. The molecule has 3 heterocycles. The van der Waals surface area contributed by atoms with Gasteiger partial charge in [0.15, 0.2) is 11.5 Å². The number of primary amides is 1. The van der Waals surface area contributed by atoms with Crippen LogP contribution in [0.1, 0.15) is 5.56 Å². The van der Waals surface area contributed by atoms with Crippen molar-refractivity contribution in [1.82, 2.24) is 9.80 Å². The minimum Gasteiger partial charge on any atom is -0.454 e. The first-order valence-corrected chi connectivity index (χ1v) is 7.90. The van der Waals surface area contributed by atoms with Crippen molar-refractivity contribution in [3.05, 3.63) is 23.8 Å². The smallest absolute Gasteiger partial charge is 0.249 e. The van der Waals surface area contributed by atoms with Crippen molar-refractivity contribution in [2.45, 2.75) is 18.7 Å². The molecule has 2 amide bonds. The van der Waals surface area contributed by atoms with E-state index in [1.165, 1.54) is 0 Å². The summed E-state index contributed by atoms with van der Waals surface area (Å²) >= 11 is 0. The second-order valence-corrected chi connectivity index (χ2v) is 6.29. The van der Waals surface area contributed by atoms with Gasteiger partial charge in [0.2, 0.25) is 18.6 Å². The van der Waals surface area contributed by atoms with Crippen molar-refractivity contribution in [2.75, 3.05) is 33.0 Å². The van der Waals surface area contributed by atoms with Crippen LogP contribution in [-0.4, -0.2) is 66.8 Å². The van der Waals surface area contributed by atoms with Gasteiger partial charge < -0.3 is 24.8 Å². The molecule has 24 heavy (non-hydrogen) atoms. The Morgan fingerprint density at radius 3 is 2.92 bits per heavy atom. The molecule has 0 spiro atoms. The minimum atomic E-state index is -0.502. The van der Waals surface area contributed by atoms with Crippen molar-refractivity contribution in [1.29, 1.82) is 0 Å². The Hall–Kier alpha value is -2.32. The number of ether oxygens (including phenoxy) is 3. The number of morpholine rings is 1. The van der Waals surface area contributed by atoms with Crippen LogP contribution in [0.15, 0.2) is 18.2 Å². The van der Waals surface area contributed by atoms with Crippen molar-refractivity contribution in [3.8, 4) is 11.5 Å². The second kappa shape index (κ2) is 5.95. The molecule has 0 saturated carbocycles. The van der Waals surface area contributed by atoms with Gasteiger partial charge in [-0.15, -0.1) is 0 Å². The minimum absolute atomic E-state index is 0.00626. The zero-order valence-corrected chi connectivity index (χ0v) is 13.1. The molecule has 2 atom stereocenters. The van der Waals surface area contributed by atoms with Gasteiger partial charge in [-0.1, -0.05) is 6.07 Å². The highest BCUT2D eigenvalue weighted by Gasteiger charge is 2.43. The lowest BCUT2D eigenvalue weighted by molar-refractivity contribution is -0.155. The van der Waals surface area contributed by atoms with Crippen molar-refractivity contribution < 1.29 is 23.8 Å². The summed E-state index contributed by atoms with van der Waals surface area (Å²) in [5.41, 5.74) is 6.37. The maximum atomic E-state index is 12.0. The van der Waals surface area contributed by atoms with Crippen LogP contribution < -0.4 is 15.2 Å². The SMILES string of the molecule is NC(=O)CN1C(=O)CO[C@H]2CN(Cc3ccc4c(c3)OCO4)C[C@H]21. The van der Waals surface area contributed by atoms with Crippen LogP contribution in [0, 0.1) is 0 Å². The summed E-state index contributed by atoms with van der Waals surface area (Å²) in [5, 5.41) is 0. The number of benzene rings is 1. The molecule has 8 heteroatoms. The molecule has 2 saturated heterocycles. The zero-order chi connectivity index (χ0) is 16.7. The number of carbonyl (C=O) groups excluding carboxylic acids is 2. The summed E-state index contributed by atoms with van der Waals surface area (Å²) in [5.74, 6) is 0.833. The number of fused-ring (bicyclic) bond motifs is 2. The van der Waals surface area contributed by atoms with E-state index in [4.69, 9.17) is 19.9 Å². The number of likely N-dealkylation sites (tertiary alicyclic amines) is 1. The quantitative estimate of drug-likeness (QED) is 0.784. The molecule has 2 fully saturated rings. The van der Waals surface area contributed by atoms with Gasteiger partial charge in [0.25, 0.3) is 0 Å². The fraction of sp³-hybridized carbons (Fsp3) is 0.500. The lowest BCUT2D eigenvalue weighted by Crippen LogP contribution is -2.56. The fourth-order valence-electron chi connectivity index (χ4n) is 3.54. The predicted octanol–water partition coefficient (Wildman–Crippen LogP) is -0.688. The number of amides is 2. The molecular weight excluding hydrogens is 314 g/mol. The van der Waals surface area contributed by atoms with Crippen molar-refractivity contribution in [3.63, 3.8) is 0 Å². The van der Waals surface area contributed by atoms with Crippen LogP contribution in [0.5, 0.6) is 11.5 Å². The summed E-state index contributed by atoms with van der Waals surface area (Å²) in [6.07, 6.45) is -0.0870. The van der Waals surface area contributed by atoms with Crippen LogP contribution in [0.25, 0.3) is 0 Å². The molecular formula is C16H19N3O5. The van der Waals surface area contributed by atoms with Gasteiger partial charge in [0.1, 0.15) is 6.61 Å². The van der Waals surface area contributed by atoms with E-state index in [2.05, 4.69) is 4.90 Å². The molecule has 0 aromatic heterocycles. The van der Waals surface area contributed by atoms with E-state index in [1.807, 2.05) is 18.2 Å². The Balaban J connectivity index is 1.45. The molecule has 1 aromatic carbocycles. The molecule has 2 N–H and O–H groups in total. The molecule has 3 aliphatic rings. The number of nitrogens with zero attached hydrogens (tertiary/aromatic N) is 2. The summed E-state index contributed by atoms with van der Waals surface area (Å²) < 4.78 is 16.4. The zero-order valence-electron chi connectivity index (χ0n) is 13.1. The molecule has 0 unspecified atom stereocenters. The van der Waals surface area contributed by atoms with Gasteiger partial charge in [0.05, 0.1) is 18.7 Å². The van der Waals surface area contributed by atoms with E-state index >= 15 is 0 Å². The maximum absolute atomic E-state index is 12.0. The van der Waals surface area contributed by atoms with Crippen molar-refractivity contribution in [2.24, 2.45) is 5.73 Å². The Morgan fingerprint density at radius 1 is 1.25 bits per heavy atom. The highest BCUT2D eigenvalue weighted by molar-refractivity contribution is 5.85. The van der Waals surface area contributed by atoms with E-state index in [-0.39, 0.29) is 38.0 Å². The van der Waals surface area contributed by atoms with Crippen LogP contribution in [-0.2, 0) is 20.9 Å². The normalized spacial score (nSPS) is 25.8. The van der Waals surface area contributed by atoms with Gasteiger partial charge in [-0.05, 0) is 17.7 Å². The number of hydrogen-bond donors (Lipinski definition) is 1. The first-order chi connectivity index (χ1) is 11.6. The van der Waals surface area contributed by atoms with E-state index in [9.17, 15) is 9.59 Å². The molecule has 8 nitrogen and oxygen atoms in total. The molecule has 128 valence electrons. The molecule has 0 bridgehead atoms. The molecule has 3 aliphatic heterocycles. The Labute approximate surface area is 139 Å². The van der Waals surface area contributed by atoms with Crippen LogP contribution >= 0.6 is 0 Å². The maximum Gasteiger partial charge on any atom is 0.249 e. The van der Waals surface area contributed by atoms with Crippen LogP contribution in [0.4, 0.5) is 0 Å². The second-order valence-electron chi connectivity index (χ2n) is 6.29. The Morgan fingerprint density at radius 2 is 2.08 bits per heavy atom. The first-order valence-electron chi connectivity index (χ1n) is 7.90. The van der Waals surface area contributed by atoms with E-state index in [0.717, 1.165) is 17.1 Å². The number of nitrogens with two attached hydrogens (primary N) is 1. The summed E-state index contributed by atoms with van der Waals surface area (Å²) in [4.78, 5) is 27.0. The molecule has 4 rings (SSSR count). The first kappa shape index (κ1) is 15.2. The van der Waals surface area contributed by atoms with Gasteiger partial charge in [-0.25, -0.2) is 0 Å². The van der Waals surface area contributed by atoms with E-state index < -0.39 is 5.91 Å². The molecule has 0 aliphatic carbocycles. The monoisotopic (exact) mass is 333 g/mol. The summed E-state index contributed by atoms with van der Waals surface area (Å²) in [6.45, 7) is 2.28. The van der Waals surface area contributed by atoms with Gasteiger partial charge in [-0.3, -0.25) is 14.5 Å². The third-order valence-electron chi connectivity index (χ3n) is 4.62. The largest absolute Gasteiger partial charge is 0.454 e. The predicted molar refractivity (Wildman–Crippen MR) is 82.3 cm³/mol. The fourth-order valence-corrected chi connectivity index (χ4v) is 3.54. The summed E-state index contributed by atoms with van der Waals surface area (Å²) in [6, 6.07) is 5.74.